The molecular formula is C14H18OS. The van der Waals surface area contributed by atoms with E-state index in [1.807, 2.05) is 43.0 Å². The second-order valence-corrected chi connectivity index (χ2v) is 5.74. The Morgan fingerprint density at radius 1 is 1.31 bits per heavy atom. The zero-order chi connectivity index (χ0) is 11.4. The monoisotopic (exact) mass is 234 g/mol. The molecule has 16 heavy (non-hydrogen) atoms. The van der Waals surface area contributed by atoms with Crippen LogP contribution in [0.25, 0.3) is 0 Å². The Hall–Kier alpha value is -0.760. The molecule has 1 aliphatic rings. The Bertz CT molecular complexity index is 367. The summed E-state index contributed by atoms with van der Waals surface area (Å²) in [6.07, 6.45) is 5.28. The lowest BCUT2D eigenvalue weighted by molar-refractivity contribution is 0.102. The second-order valence-electron chi connectivity index (χ2n) is 4.46. The van der Waals surface area contributed by atoms with Gasteiger partial charge < -0.3 is 0 Å². The number of carbonyl (C=O) groups is 1. The van der Waals surface area contributed by atoms with E-state index in [2.05, 4.69) is 0 Å². The quantitative estimate of drug-likeness (QED) is 0.736. The van der Waals surface area contributed by atoms with Gasteiger partial charge in [-0.3, -0.25) is 4.79 Å². The summed E-state index contributed by atoms with van der Waals surface area (Å²) in [6, 6.07) is 7.87. The predicted octanol–water partition coefficient (Wildman–Crippen LogP) is 3.85. The van der Waals surface area contributed by atoms with Crippen molar-refractivity contribution in [3.8, 4) is 0 Å². The van der Waals surface area contributed by atoms with Gasteiger partial charge in [-0.2, -0.15) is 11.8 Å². The molecule has 1 nitrogen and oxygen atoms in total. The summed E-state index contributed by atoms with van der Waals surface area (Å²) >= 11 is 1.85. The van der Waals surface area contributed by atoms with Crippen LogP contribution in [0, 0.1) is 6.92 Å². The smallest absolute Gasteiger partial charge is 0.172 e. The molecule has 2 heteroatoms. The Labute approximate surface area is 102 Å². The van der Waals surface area contributed by atoms with Crippen LogP contribution in [0.2, 0.25) is 0 Å². The fourth-order valence-electron chi connectivity index (χ4n) is 2.21. The van der Waals surface area contributed by atoms with Crippen LogP contribution in [0.1, 0.15) is 41.6 Å². The molecule has 1 aromatic carbocycles. The molecule has 0 aliphatic heterocycles. The van der Waals surface area contributed by atoms with Gasteiger partial charge in [0.1, 0.15) is 0 Å². The maximum absolute atomic E-state index is 12.0. The van der Waals surface area contributed by atoms with Crippen molar-refractivity contribution >= 4 is 17.5 Å². The van der Waals surface area contributed by atoms with Gasteiger partial charge in [-0.1, -0.05) is 37.1 Å². The van der Waals surface area contributed by atoms with Gasteiger partial charge in [-0.25, -0.2) is 0 Å². The van der Waals surface area contributed by atoms with Crippen LogP contribution in [0.15, 0.2) is 24.3 Å². The van der Waals surface area contributed by atoms with E-state index in [1.54, 1.807) is 0 Å². The third-order valence-corrected chi connectivity index (χ3v) is 4.57. The predicted molar refractivity (Wildman–Crippen MR) is 70.2 cm³/mol. The van der Waals surface area contributed by atoms with Gasteiger partial charge in [-0.15, -0.1) is 0 Å². The molecule has 1 aromatic rings. The zero-order valence-electron chi connectivity index (χ0n) is 9.74. The molecule has 0 bridgehead atoms. The topological polar surface area (TPSA) is 17.1 Å². The number of hydrogen-bond donors (Lipinski definition) is 0. The van der Waals surface area contributed by atoms with E-state index in [9.17, 15) is 4.79 Å². The van der Waals surface area contributed by atoms with Gasteiger partial charge in [0.05, 0.1) is 5.75 Å². The van der Waals surface area contributed by atoms with Crippen molar-refractivity contribution in [3.05, 3.63) is 35.4 Å². The third-order valence-electron chi connectivity index (χ3n) is 3.20. The summed E-state index contributed by atoms with van der Waals surface area (Å²) in [5.41, 5.74) is 1.99. The molecule has 1 fully saturated rings. The van der Waals surface area contributed by atoms with Crippen molar-refractivity contribution < 1.29 is 4.79 Å². The minimum absolute atomic E-state index is 0.287. The summed E-state index contributed by atoms with van der Waals surface area (Å²) < 4.78 is 0. The Kier molecular flexibility index (Phi) is 4.05. The zero-order valence-corrected chi connectivity index (χ0v) is 10.6. The number of benzene rings is 1. The highest BCUT2D eigenvalue weighted by molar-refractivity contribution is 8.00. The number of rotatable bonds is 4. The van der Waals surface area contributed by atoms with Crippen molar-refractivity contribution in [2.45, 2.75) is 37.9 Å². The van der Waals surface area contributed by atoms with Crippen molar-refractivity contribution in [2.75, 3.05) is 5.75 Å². The summed E-state index contributed by atoms with van der Waals surface area (Å²) in [6.45, 7) is 2.01. The van der Waals surface area contributed by atoms with Gasteiger partial charge >= 0.3 is 0 Å². The number of hydrogen-bond acceptors (Lipinski definition) is 2. The van der Waals surface area contributed by atoms with Crippen molar-refractivity contribution in [3.63, 3.8) is 0 Å². The average molecular weight is 234 g/mol. The van der Waals surface area contributed by atoms with Gasteiger partial charge in [0.15, 0.2) is 5.78 Å². The van der Waals surface area contributed by atoms with Gasteiger partial charge in [0.2, 0.25) is 0 Å². The van der Waals surface area contributed by atoms with Gasteiger partial charge in [0, 0.05) is 10.8 Å². The summed E-state index contributed by atoms with van der Waals surface area (Å²) in [5.74, 6) is 0.935. The molecule has 86 valence electrons. The molecule has 0 spiro atoms. The van der Waals surface area contributed by atoms with E-state index in [1.165, 1.54) is 25.7 Å². The molecule has 1 saturated carbocycles. The minimum Gasteiger partial charge on any atom is -0.293 e. The van der Waals surface area contributed by atoms with E-state index in [0.717, 1.165) is 16.4 Å². The van der Waals surface area contributed by atoms with E-state index in [4.69, 9.17) is 0 Å². The molecule has 0 unspecified atom stereocenters. The normalized spacial score (nSPS) is 16.6. The van der Waals surface area contributed by atoms with Crippen LogP contribution in [-0.4, -0.2) is 16.8 Å². The number of thioether (sulfide) groups is 1. The number of ketones is 1. The van der Waals surface area contributed by atoms with Crippen LogP contribution < -0.4 is 0 Å². The molecule has 2 rings (SSSR count). The van der Waals surface area contributed by atoms with Gasteiger partial charge in [0.25, 0.3) is 0 Å². The minimum atomic E-state index is 0.287. The Morgan fingerprint density at radius 2 is 2.00 bits per heavy atom. The molecule has 0 aromatic heterocycles. The molecule has 0 atom stereocenters. The second kappa shape index (κ2) is 5.53. The van der Waals surface area contributed by atoms with Crippen LogP contribution in [0.4, 0.5) is 0 Å². The first-order valence-corrected chi connectivity index (χ1v) is 7.02. The third kappa shape index (κ3) is 2.88. The lowest BCUT2D eigenvalue weighted by atomic mass is 10.1. The van der Waals surface area contributed by atoms with Crippen molar-refractivity contribution in [1.29, 1.82) is 0 Å². The molecule has 0 amide bonds. The largest absolute Gasteiger partial charge is 0.293 e. The fraction of sp³-hybridized carbons (Fsp3) is 0.500. The first kappa shape index (κ1) is 11.7. The van der Waals surface area contributed by atoms with E-state index in [-0.39, 0.29) is 5.78 Å². The van der Waals surface area contributed by atoms with E-state index < -0.39 is 0 Å². The van der Waals surface area contributed by atoms with Crippen molar-refractivity contribution in [1.82, 2.24) is 0 Å². The lowest BCUT2D eigenvalue weighted by Gasteiger charge is -2.08. The fourth-order valence-corrected chi connectivity index (χ4v) is 3.42. The maximum Gasteiger partial charge on any atom is 0.172 e. The molecule has 1 aliphatic carbocycles. The summed E-state index contributed by atoms with van der Waals surface area (Å²) in [5, 5.41) is 0.730. The van der Waals surface area contributed by atoms with Crippen LogP contribution >= 0.6 is 11.8 Å². The van der Waals surface area contributed by atoms with E-state index in [0.29, 0.717) is 5.75 Å². The first-order valence-electron chi connectivity index (χ1n) is 5.98. The highest BCUT2D eigenvalue weighted by atomic mass is 32.2. The first-order chi connectivity index (χ1) is 7.77. The lowest BCUT2D eigenvalue weighted by Crippen LogP contribution is -2.07. The summed E-state index contributed by atoms with van der Waals surface area (Å²) in [7, 11) is 0. The van der Waals surface area contributed by atoms with E-state index >= 15 is 0 Å². The number of aryl methyl sites for hydroxylation is 1. The molecular weight excluding hydrogens is 216 g/mol. The molecule has 0 heterocycles. The highest BCUT2D eigenvalue weighted by Gasteiger charge is 2.17. The van der Waals surface area contributed by atoms with Crippen LogP contribution in [0.3, 0.4) is 0 Å². The van der Waals surface area contributed by atoms with Crippen LogP contribution in [0.5, 0.6) is 0 Å². The van der Waals surface area contributed by atoms with Crippen LogP contribution in [-0.2, 0) is 0 Å². The summed E-state index contributed by atoms with van der Waals surface area (Å²) in [4.78, 5) is 12.0. The Balaban J connectivity index is 1.90. The number of carbonyl (C=O) groups excluding carboxylic acids is 1. The maximum atomic E-state index is 12.0. The highest BCUT2D eigenvalue weighted by Crippen LogP contribution is 2.29. The number of Topliss-reactive ketones (excluding diaryl/α,β-unsaturated/α-hetero) is 1. The van der Waals surface area contributed by atoms with Crippen molar-refractivity contribution in [2.24, 2.45) is 0 Å². The standard InChI is InChI=1S/C14H18OS/c1-11-6-2-5-9-13(11)14(15)10-16-12-7-3-4-8-12/h2,5-6,9,12H,3-4,7-8,10H2,1H3. The van der Waals surface area contributed by atoms with Gasteiger partial charge in [-0.05, 0) is 25.3 Å². The molecule has 0 N–H and O–H groups in total. The molecule has 0 saturated heterocycles. The molecule has 0 radical (unpaired) electrons. The average Bonchev–Trinajstić information content (AvgIpc) is 2.79. The SMILES string of the molecule is Cc1ccccc1C(=O)CSC1CCCC1. The Morgan fingerprint density at radius 3 is 2.69 bits per heavy atom.